The number of aliphatic hydroxyl groups is 7. The molecule has 2 rings (SSSR count). The van der Waals surface area contributed by atoms with Crippen LogP contribution in [0.5, 0.6) is 0 Å². The van der Waals surface area contributed by atoms with E-state index in [1.54, 1.807) is 0 Å². The lowest BCUT2D eigenvalue weighted by atomic mass is 9.97. The summed E-state index contributed by atoms with van der Waals surface area (Å²) < 4.78 is 15.5. The van der Waals surface area contributed by atoms with Crippen LogP contribution < -0.4 is 5.73 Å². The average molecular weight is 341 g/mol. The molecule has 2 aliphatic heterocycles. The third-order valence-corrected chi connectivity index (χ3v) is 4.06. The number of aliphatic hydroxyl groups excluding tert-OH is 7. The Kier molecular flexibility index (Phi) is 6.27. The minimum atomic E-state index is -1.69. The van der Waals surface area contributed by atoms with E-state index in [9.17, 15) is 25.5 Å². The Hall–Kier alpha value is -0.440. The van der Waals surface area contributed by atoms with E-state index in [1.165, 1.54) is 0 Å². The molecule has 0 radical (unpaired) electrons. The van der Waals surface area contributed by atoms with Crippen molar-refractivity contribution in [3.05, 3.63) is 0 Å². The van der Waals surface area contributed by atoms with Crippen LogP contribution in [0, 0.1) is 0 Å². The van der Waals surface area contributed by atoms with E-state index in [2.05, 4.69) is 0 Å². The Labute approximate surface area is 131 Å². The molecule has 0 aromatic rings. The fourth-order valence-corrected chi connectivity index (χ4v) is 2.54. The number of nitrogens with two attached hydrogens (primary N) is 1. The van der Waals surface area contributed by atoms with E-state index in [1.807, 2.05) is 0 Å². The molecule has 0 aliphatic carbocycles. The van der Waals surface area contributed by atoms with Gasteiger partial charge in [-0.05, 0) is 0 Å². The molecule has 0 saturated carbocycles. The van der Waals surface area contributed by atoms with Gasteiger partial charge in [-0.15, -0.1) is 0 Å². The van der Waals surface area contributed by atoms with Crippen molar-refractivity contribution in [1.29, 1.82) is 0 Å². The summed E-state index contributed by atoms with van der Waals surface area (Å²) in [4.78, 5) is 0. The molecule has 0 spiro atoms. The van der Waals surface area contributed by atoms with Gasteiger partial charge >= 0.3 is 0 Å². The maximum Gasteiger partial charge on any atom is 0.189 e. The van der Waals surface area contributed by atoms with Gasteiger partial charge in [-0.25, -0.2) is 0 Å². The molecule has 0 unspecified atom stereocenters. The molecule has 0 bridgehead atoms. The molecular formula is C12H23NO10. The maximum atomic E-state index is 9.92. The van der Waals surface area contributed by atoms with Gasteiger partial charge in [-0.3, -0.25) is 0 Å². The Morgan fingerprint density at radius 1 is 0.696 bits per heavy atom. The second-order valence-corrected chi connectivity index (χ2v) is 5.62. The van der Waals surface area contributed by atoms with Crippen molar-refractivity contribution in [2.45, 2.75) is 61.3 Å². The van der Waals surface area contributed by atoms with Crippen molar-refractivity contribution in [1.82, 2.24) is 0 Å². The standard InChI is InChI=1S/C12H23NO10/c13-5-3(1-14)21-11(9(19)7(5)17)23-12-10(20)8(18)6(16)4(2-15)22-12/h3-12,14-20H,1-2,13H2/t3-,4-,5-,6-,7+,8+,9-,10-,11-,12-/m1/s1. The van der Waals surface area contributed by atoms with Crippen LogP contribution in [0.1, 0.15) is 0 Å². The molecule has 2 heterocycles. The SMILES string of the molecule is N[C@H]1[C@H](O)[C@@H](O)[C@@H](O[C@H]2O[C@H](CO)[C@@H](O)[C@H](O)[C@H]2O)O[C@@H]1CO. The first-order valence-corrected chi connectivity index (χ1v) is 7.15. The highest BCUT2D eigenvalue weighted by molar-refractivity contribution is 4.93. The summed E-state index contributed by atoms with van der Waals surface area (Å²) in [6.07, 6.45) is -13.2. The summed E-state index contributed by atoms with van der Waals surface area (Å²) in [5.41, 5.74) is 5.59. The zero-order chi connectivity index (χ0) is 17.3. The molecule has 10 atom stereocenters. The molecule has 9 N–H and O–H groups in total. The van der Waals surface area contributed by atoms with Crippen molar-refractivity contribution in [2.75, 3.05) is 13.2 Å². The first-order valence-electron chi connectivity index (χ1n) is 7.15. The molecule has 2 saturated heterocycles. The predicted molar refractivity (Wildman–Crippen MR) is 70.6 cm³/mol. The number of ether oxygens (including phenoxy) is 3. The first kappa shape index (κ1) is 18.9. The van der Waals surface area contributed by atoms with E-state index in [4.69, 9.17) is 30.2 Å². The average Bonchev–Trinajstić information content (AvgIpc) is 2.55. The Morgan fingerprint density at radius 2 is 1.17 bits per heavy atom. The van der Waals surface area contributed by atoms with Crippen LogP contribution in [0.25, 0.3) is 0 Å². The lowest BCUT2D eigenvalue weighted by molar-refractivity contribution is -0.369. The van der Waals surface area contributed by atoms with Crippen LogP contribution in [0.4, 0.5) is 0 Å². The van der Waals surface area contributed by atoms with Gasteiger partial charge in [0.25, 0.3) is 0 Å². The molecule has 11 nitrogen and oxygen atoms in total. The second-order valence-electron chi connectivity index (χ2n) is 5.62. The highest BCUT2D eigenvalue weighted by Crippen LogP contribution is 2.27. The summed E-state index contributed by atoms with van der Waals surface area (Å²) >= 11 is 0. The topological polar surface area (TPSA) is 195 Å². The van der Waals surface area contributed by atoms with Gasteiger partial charge in [0.2, 0.25) is 0 Å². The molecule has 11 heteroatoms. The fraction of sp³-hybridized carbons (Fsp3) is 1.00. The van der Waals surface area contributed by atoms with Gasteiger partial charge in [0, 0.05) is 0 Å². The van der Waals surface area contributed by atoms with Crippen molar-refractivity contribution < 1.29 is 50.0 Å². The van der Waals surface area contributed by atoms with Crippen LogP contribution >= 0.6 is 0 Å². The van der Waals surface area contributed by atoms with E-state index < -0.39 is 74.6 Å². The van der Waals surface area contributed by atoms with Gasteiger partial charge in [-0.2, -0.15) is 0 Å². The normalized spacial score (nSPS) is 51.7. The van der Waals surface area contributed by atoms with Crippen molar-refractivity contribution in [3.63, 3.8) is 0 Å². The molecule has 136 valence electrons. The summed E-state index contributed by atoms with van der Waals surface area (Å²) in [6, 6.07) is -1.05. The Morgan fingerprint density at radius 3 is 1.70 bits per heavy atom. The van der Waals surface area contributed by atoms with Crippen LogP contribution in [-0.2, 0) is 14.2 Å². The molecule has 0 amide bonds. The smallest absolute Gasteiger partial charge is 0.189 e. The molecular weight excluding hydrogens is 318 g/mol. The molecule has 0 aromatic heterocycles. The lowest BCUT2D eigenvalue weighted by Gasteiger charge is -2.44. The van der Waals surface area contributed by atoms with E-state index in [0.29, 0.717) is 0 Å². The van der Waals surface area contributed by atoms with Crippen LogP contribution in [0.15, 0.2) is 0 Å². The maximum absolute atomic E-state index is 9.92. The molecule has 0 aromatic carbocycles. The first-order chi connectivity index (χ1) is 10.8. The number of hydrogen-bond acceptors (Lipinski definition) is 11. The van der Waals surface area contributed by atoms with Crippen LogP contribution in [0.3, 0.4) is 0 Å². The zero-order valence-corrected chi connectivity index (χ0v) is 12.1. The van der Waals surface area contributed by atoms with Crippen LogP contribution in [-0.4, -0.2) is 110 Å². The van der Waals surface area contributed by atoms with Crippen molar-refractivity contribution >= 4 is 0 Å². The quantitative estimate of drug-likeness (QED) is 0.243. The third kappa shape index (κ3) is 3.65. The molecule has 2 aliphatic rings. The predicted octanol–water partition coefficient (Wildman–Crippen LogP) is -5.43. The van der Waals surface area contributed by atoms with Gasteiger partial charge in [0.1, 0.15) is 42.7 Å². The fourth-order valence-electron chi connectivity index (χ4n) is 2.54. The minimum absolute atomic E-state index is 0.542. The number of rotatable bonds is 4. The highest BCUT2D eigenvalue weighted by Gasteiger charge is 2.49. The van der Waals surface area contributed by atoms with Gasteiger partial charge in [-0.1, -0.05) is 0 Å². The van der Waals surface area contributed by atoms with E-state index >= 15 is 0 Å². The summed E-state index contributed by atoms with van der Waals surface area (Å²) in [5, 5.41) is 67.2. The molecule has 23 heavy (non-hydrogen) atoms. The van der Waals surface area contributed by atoms with Gasteiger partial charge in [0.15, 0.2) is 12.6 Å². The van der Waals surface area contributed by atoms with E-state index in [-0.39, 0.29) is 0 Å². The Balaban J connectivity index is 2.07. The second kappa shape index (κ2) is 7.63. The van der Waals surface area contributed by atoms with Crippen molar-refractivity contribution in [3.8, 4) is 0 Å². The molecule has 2 fully saturated rings. The lowest BCUT2D eigenvalue weighted by Crippen LogP contribution is -2.65. The summed E-state index contributed by atoms with van der Waals surface area (Å²) in [6.45, 7) is -1.19. The van der Waals surface area contributed by atoms with E-state index in [0.717, 1.165) is 0 Å². The van der Waals surface area contributed by atoms with Gasteiger partial charge < -0.3 is 55.7 Å². The largest absolute Gasteiger partial charge is 0.394 e. The summed E-state index contributed by atoms with van der Waals surface area (Å²) in [7, 11) is 0. The van der Waals surface area contributed by atoms with Crippen molar-refractivity contribution in [2.24, 2.45) is 5.73 Å². The minimum Gasteiger partial charge on any atom is -0.394 e. The number of hydrogen-bond donors (Lipinski definition) is 8. The highest BCUT2D eigenvalue weighted by atomic mass is 16.8. The summed E-state index contributed by atoms with van der Waals surface area (Å²) in [5.74, 6) is 0. The van der Waals surface area contributed by atoms with Gasteiger partial charge in [0.05, 0.1) is 19.3 Å². The monoisotopic (exact) mass is 341 g/mol. The zero-order valence-electron chi connectivity index (χ0n) is 12.1. The van der Waals surface area contributed by atoms with Crippen LogP contribution in [0.2, 0.25) is 0 Å². The Bertz CT molecular complexity index is 349. The third-order valence-electron chi connectivity index (χ3n) is 4.06.